The van der Waals surface area contributed by atoms with E-state index in [-0.39, 0.29) is 0 Å². The molecular formula is C48H32N2. The second-order valence-corrected chi connectivity index (χ2v) is 13.6. The van der Waals surface area contributed by atoms with Crippen molar-refractivity contribution >= 4 is 71.2 Å². The molecule has 0 saturated carbocycles. The van der Waals surface area contributed by atoms with Crippen molar-refractivity contribution in [1.29, 1.82) is 0 Å². The Morgan fingerprint density at radius 1 is 0.360 bits per heavy atom. The van der Waals surface area contributed by atoms with Gasteiger partial charge in [0, 0.05) is 32.9 Å². The van der Waals surface area contributed by atoms with E-state index in [0.29, 0.717) is 0 Å². The largest absolute Gasteiger partial charge is 0.309 e. The molecule has 2 aromatic heterocycles. The Labute approximate surface area is 289 Å². The minimum absolute atomic E-state index is 1.09. The molecular weight excluding hydrogens is 605 g/mol. The average Bonchev–Trinajstić information content (AvgIpc) is 3.70. The van der Waals surface area contributed by atoms with Gasteiger partial charge in [-0.3, -0.25) is 0 Å². The van der Waals surface area contributed by atoms with Crippen LogP contribution >= 0.6 is 0 Å². The lowest BCUT2D eigenvalue weighted by Gasteiger charge is -2.18. The Kier molecular flexibility index (Phi) is 5.82. The molecule has 1 aliphatic rings. The van der Waals surface area contributed by atoms with E-state index in [2.05, 4.69) is 179 Å². The summed E-state index contributed by atoms with van der Waals surface area (Å²) < 4.78 is 4.82. The van der Waals surface area contributed by atoms with Crippen LogP contribution in [-0.4, -0.2) is 9.13 Å². The van der Waals surface area contributed by atoms with Gasteiger partial charge in [0.1, 0.15) is 0 Å². The maximum Gasteiger partial charge on any atom is 0.0542 e. The number of benzene rings is 8. The number of allylic oxidation sites excluding steroid dienone is 1. The molecule has 0 fully saturated rings. The highest BCUT2D eigenvalue weighted by molar-refractivity contribution is 6.15. The fraction of sp³-hybridized carbons (Fsp3) is 0.0417. The smallest absolute Gasteiger partial charge is 0.0542 e. The number of para-hydroxylation sites is 3. The van der Waals surface area contributed by atoms with E-state index in [1.54, 1.807) is 0 Å². The van der Waals surface area contributed by atoms with Crippen molar-refractivity contribution in [2.75, 3.05) is 0 Å². The predicted octanol–water partition coefficient (Wildman–Crippen LogP) is 12.8. The van der Waals surface area contributed by atoms with Crippen molar-refractivity contribution in [1.82, 2.24) is 9.13 Å². The van der Waals surface area contributed by atoms with E-state index in [1.165, 1.54) is 98.8 Å². The molecule has 0 saturated heterocycles. The second kappa shape index (κ2) is 10.6. The van der Waals surface area contributed by atoms with Gasteiger partial charge in [-0.05, 0) is 117 Å². The molecule has 50 heavy (non-hydrogen) atoms. The molecule has 0 atom stereocenters. The van der Waals surface area contributed by atoms with Gasteiger partial charge in [0.15, 0.2) is 0 Å². The van der Waals surface area contributed by atoms with E-state index in [4.69, 9.17) is 0 Å². The van der Waals surface area contributed by atoms with Crippen molar-refractivity contribution in [3.05, 3.63) is 175 Å². The molecule has 2 nitrogen and oxygen atoms in total. The molecule has 0 spiro atoms. The van der Waals surface area contributed by atoms with Crippen LogP contribution in [0.1, 0.15) is 17.5 Å². The summed E-state index contributed by atoms with van der Waals surface area (Å²) in [7, 11) is 0. The molecule has 8 aromatic carbocycles. The first-order valence-corrected chi connectivity index (χ1v) is 17.6. The van der Waals surface area contributed by atoms with Gasteiger partial charge in [0.05, 0.1) is 22.1 Å². The molecule has 2 heteroatoms. The SMILES string of the molecule is C1=Cc2c(c3ccc(-c4ccc5c(c4)c4ccccc4n5-c4ccc5c(c4)c4ccccc4n5-c4ccccc4)cc3c3ccccc23)CC1. The first-order chi connectivity index (χ1) is 24.8. The van der Waals surface area contributed by atoms with Crippen molar-refractivity contribution < 1.29 is 0 Å². The van der Waals surface area contributed by atoms with Crippen LogP contribution < -0.4 is 0 Å². The molecule has 0 bridgehead atoms. The third kappa shape index (κ3) is 3.90. The zero-order valence-electron chi connectivity index (χ0n) is 27.5. The molecule has 234 valence electrons. The van der Waals surface area contributed by atoms with Gasteiger partial charge in [-0.15, -0.1) is 0 Å². The summed E-state index contributed by atoms with van der Waals surface area (Å²) in [6.07, 6.45) is 6.85. The minimum Gasteiger partial charge on any atom is -0.309 e. The van der Waals surface area contributed by atoms with Crippen LogP contribution in [0.5, 0.6) is 0 Å². The molecule has 0 radical (unpaired) electrons. The normalized spacial score (nSPS) is 13.0. The van der Waals surface area contributed by atoms with Gasteiger partial charge >= 0.3 is 0 Å². The van der Waals surface area contributed by atoms with Gasteiger partial charge in [-0.2, -0.15) is 0 Å². The third-order valence-electron chi connectivity index (χ3n) is 11.0. The van der Waals surface area contributed by atoms with Crippen LogP contribution in [0.2, 0.25) is 0 Å². The van der Waals surface area contributed by atoms with E-state index >= 15 is 0 Å². The van der Waals surface area contributed by atoms with Crippen LogP contribution in [0, 0.1) is 0 Å². The Morgan fingerprint density at radius 3 is 1.68 bits per heavy atom. The molecule has 10 aromatic rings. The maximum atomic E-state index is 2.44. The summed E-state index contributed by atoms with van der Waals surface area (Å²) in [5.41, 5.74) is 12.6. The van der Waals surface area contributed by atoms with Gasteiger partial charge in [0.2, 0.25) is 0 Å². The van der Waals surface area contributed by atoms with E-state index < -0.39 is 0 Å². The number of hydrogen-bond acceptors (Lipinski definition) is 0. The molecule has 2 heterocycles. The summed E-state index contributed by atoms with van der Waals surface area (Å²) in [4.78, 5) is 0. The van der Waals surface area contributed by atoms with Crippen LogP contribution in [0.3, 0.4) is 0 Å². The lowest BCUT2D eigenvalue weighted by Crippen LogP contribution is -1.98. The highest BCUT2D eigenvalue weighted by Crippen LogP contribution is 2.41. The molecule has 0 amide bonds. The third-order valence-corrected chi connectivity index (χ3v) is 11.0. The van der Waals surface area contributed by atoms with Crippen molar-refractivity contribution in [3.8, 4) is 22.5 Å². The molecule has 1 aliphatic carbocycles. The highest BCUT2D eigenvalue weighted by Gasteiger charge is 2.18. The monoisotopic (exact) mass is 636 g/mol. The van der Waals surface area contributed by atoms with Gasteiger partial charge in [0.25, 0.3) is 0 Å². The predicted molar refractivity (Wildman–Crippen MR) is 213 cm³/mol. The summed E-state index contributed by atoms with van der Waals surface area (Å²) >= 11 is 0. The van der Waals surface area contributed by atoms with Crippen LogP contribution in [0.15, 0.2) is 164 Å². The van der Waals surface area contributed by atoms with Crippen LogP contribution in [0.4, 0.5) is 0 Å². The quantitative estimate of drug-likeness (QED) is 0.171. The second-order valence-electron chi connectivity index (χ2n) is 13.6. The zero-order chi connectivity index (χ0) is 32.8. The zero-order valence-corrected chi connectivity index (χ0v) is 27.5. The van der Waals surface area contributed by atoms with Gasteiger partial charge in [-0.25, -0.2) is 0 Å². The van der Waals surface area contributed by atoms with Gasteiger partial charge in [-0.1, -0.05) is 109 Å². The Hall–Kier alpha value is -6.38. The number of aromatic nitrogens is 2. The van der Waals surface area contributed by atoms with Crippen molar-refractivity contribution in [2.24, 2.45) is 0 Å². The number of aryl methyl sites for hydroxylation is 1. The molecule has 0 N–H and O–H groups in total. The Balaban J connectivity index is 1.11. The van der Waals surface area contributed by atoms with Crippen LogP contribution in [-0.2, 0) is 6.42 Å². The van der Waals surface area contributed by atoms with Gasteiger partial charge < -0.3 is 9.13 Å². The fourth-order valence-electron chi connectivity index (χ4n) is 8.74. The lowest BCUT2D eigenvalue weighted by atomic mass is 9.86. The summed E-state index contributed by atoms with van der Waals surface area (Å²) in [6, 6.07) is 58.3. The topological polar surface area (TPSA) is 9.86 Å². The summed E-state index contributed by atoms with van der Waals surface area (Å²) in [5, 5.41) is 10.5. The molecule has 11 rings (SSSR count). The Bertz CT molecular complexity index is 3030. The fourth-order valence-corrected chi connectivity index (χ4v) is 8.74. The van der Waals surface area contributed by atoms with E-state index in [1.807, 2.05) is 0 Å². The number of rotatable bonds is 3. The van der Waals surface area contributed by atoms with Crippen LogP contribution in [0.25, 0.3) is 93.7 Å². The number of hydrogen-bond donors (Lipinski definition) is 0. The maximum absolute atomic E-state index is 2.44. The standard InChI is InChI=1S/C48H32N2/c1-2-12-33(13-3-1)49-45-20-10-9-19-41(45)44-30-34(24-27-48(44)49)50-46-21-11-8-18-40(46)43-29-32(23-26-47(43)50)31-22-25-39-37-16-5-4-14-35(37)36-15-6-7-17-38(36)42(39)28-31/h1-4,6-15,17-30H,5,16H2. The van der Waals surface area contributed by atoms with Crippen molar-refractivity contribution in [2.45, 2.75) is 12.8 Å². The first kappa shape index (κ1) is 27.6. The van der Waals surface area contributed by atoms with E-state index in [0.717, 1.165) is 12.8 Å². The number of nitrogens with zero attached hydrogens (tertiary/aromatic N) is 2. The molecule has 0 aliphatic heterocycles. The summed E-state index contributed by atoms with van der Waals surface area (Å²) in [6.45, 7) is 0. The van der Waals surface area contributed by atoms with Crippen molar-refractivity contribution in [3.63, 3.8) is 0 Å². The lowest BCUT2D eigenvalue weighted by molar-refractivity contribution is 1.00. The minimum atomic E-state index is 1.09. The van der Waals surface area contributed by atoms with E-state index in [9.17, 15) is 0 Å². The average molecular weight is 637 g/mol. The Morgan fingerprint density at radius 2 is 0.920 bits per heavy atom. The highest BCUT2D eigenvalue weighted by atomic mass is 15.0. The summed E-state index contributed by atoms with van der Waals surface area (Å²) in [5.74, 6) is 0. The number of fused-ring (bicyclic) bond motifs is 12. The first-order valence-electron chi connectivity index (χ1n) is 17.6. The molecule has 0 unspecified atom stereocenters.